The molecule has 0 radical (unpaired) electrons. The molecule has 1 rings (SSSR count). The van der Waals surface area contributed by atoms with Crippen molar-refractivity contribution in [1.29, 1.82) is 0 Å². The predicted octanol–water partition coefficient (Wildman–Crippen LogP) is 3.77. The Morgan fingerprint density at radius 1 is 1.31 bits per heavy atom. The molecule has 3 heteroatoms. The van der Waals surface area contributed by atoms with Crippen molar-refractivity contribution in [1.82, 2.24) is 0 Å². The Kier molecular flexibility index (Phi) is 5.27. The molecule has 0 spiro atoms. The van der Waals surface area contributed by atoms with Crippen LogP contribution >= 0.6 is 15.9 Å². The summed E-state index contributed by atoms with van der Waals surface area (Å²) in [6.45, 7) is 7.14. The molecule has 1 aliphatic carbocycles. The molecule has 0 saturated heterocycles. The lowest BCUT2D eigenvalue weighted by Gasteiger charge is -2.40. The minimum atomic E-state index is -0.182. The van der Waals surface area contributed by atoms with Crippen LogP contribution in [0, 0.1) is 5.92 Å². The van der Waals surface area contributed by atoms with E-state index in [2.05, 4.69) is 36.7 Å². The van der Waals surface area contributed by atoms with Gasteiger partial charge in [-0.3, -0.25) is 0 Å². The van der Waals surface area contributed by atoms with Gasteiger partial charge in [-0.25, -0.2) is 0 Å². The van der Waals surface area contributed by atoms with Crippen LogP contribution in [-0.4, -0.2) is 30.2 Å². The first kappa shape index (κ1) is 14.5. The zero-order valence-corrected chi connectivity index (χ0v) is 12.6. The van der Waals surface area contributed by atoms with Crippen molar-refractivity contribution in [2.75, 3.05) is 19.0 Å². The highest BCUT2D eigenvalue weighted by molar-refractivity contribution is 9.09. The number of hydrogen-bond acceptors (Lipinski definition) is 2. The molecule has 0 unspecified atom stereocenters. The Morgan fingerprint density at radius 2 is 1.88 bits per heavy atom. The molecule has 16 heavy (non-hydrogen) atoms. The molecule has 96 valence electrons. The van der Waals surface area contributed by atoms with E-state index in [9.17, 15) is 0 Å². The van der Waals surface area contributed by atoms with Crippen LogP contribution in [0.5, 0.6) is 0 Å². The first-order valence-corrected chi connectivity index (χ1v) is 7.30. The van der Waals surface area contributed by atoms with E-state index in [-0.39, 0.29) is 11.2 Å². The molecule has 1 fully saturated rings. The summed E-state index contributed by atoms with van der Waals surface area (Å²) in [4.78, 5) is 0. The maximum Gasteiger partial charge on any atom is 0.0855 e. The van der Waals surface area contributed by atoms with Gasteiger partial charge in [0.05, 0.1) is 17.8 Å². The maximum absolute atomic E-state index is 6.15. The minimum Gasteiger partial charge on any atom is -0.376 e. The Labute approximate surface area is 108 Å². The van der Waals surface area contributed by atoms with Crippen LogP contribution in [0.4, 0.5) is 0 Å². The van der Waals surface area contributed by atoms with Gasteiger partial charge in [0.1, 0.15) is 0 Å². The highest BCUT2D eigenvalue weighted by Crippen LogP contribution is 2.36. The largest absolute Gasteiger partial charge is 0.376 e. The molecule has 0 aromatic heterocycles. The smallest absolute Gasteiger partial charge is 0.0855 e. The summed E-state index contributed by atoms with van der Waals surface area (Å²) in [7, 11) is 1.74. The molecule has 0 heterocycles. The molecule has 0 aromatic carbocycles. The van der Waals surface area contributed by atoms with E-state index < -0.39 is 0 Å². The standard InChI is InChI=1S/C13H25BrO2/c1-11-5-7-13(9-14,8-6-11)16-10-12(2,3)15-4/h11H,5-10H2,1-4H3. The van der Waals surface area contributed by atoms with Crippen molar-refractivity contribution in [3.8, 4) is 0 Å². The summed E-state index contributed by atoms with van der Waals surface area (Å²) < 4.78 is 11.6. The van der Waals surface area contributed by atoms with E-state index in [4.69, 9.17) is 9.47 Å². The van der Waals surface area contributed by atoms with Gasteiger partial charge in [-0.2, -0.15) is 0 Å². The molecule has 0 bridgehead atoms. The molecular weight excluding hydrogens is 268 g/mol. The average Bonchev–Trinajstić information content (AvgIpc) is 2.29. The normalized spacial score (nSPS) is 31.7. The van der Waals surface area contributed by atoms with Crippen molar-refractivity contribution in [3.05, 3.63) is 0 Å². The number of alkyl halides is 1. The van der Waals surface area contributed by atoms with Crippen LogP contribution < -0.4 is 0 Å². The Morgan fingerprint density at radius 3 is 2.31 bits per heavy atom. The van der Waals surface area contributed by atoms with Crippen LogP contribution in [0.25, 0.3) is 0 Å². The molecular formula is C13H25BrO2. The SMILES string of the molecule is COC(C)(C)COC1(CBr)CCC(C)CC1. The Bertz CT molecular complexity index is 208. The quantitative estimate of drug-likeness (QED) is 0.718. The molecule has 2 nitrogen and oxygen atoms in total. The summed E-state index contributed by atoms with van der Waals surface area (Å²) >= 11 is 3.61. The highest BCUT2D eigenvalue weighted by atomic mass is 79.9. The van der Waals surface area contributed by atoms with Crippen molar-refractivity contribution < 1.29 is 9.47 Å². The maximum atomic E-state index is 6.15. The highest BCUT2D eigenvalue weighted by Gasteiger charge is 2.35. The van der Waals surface area contributed by atoms with Gasteiger partial charge in [-0.05, 0) is 45.4 Å². The average molecular weight is 293 g/mol. The first-order chi connectivity index (χ1) is 7.43. The second-order valence-corrected chi connectivity index (χ2v) is 6.31. The fourth-order valence-corrected chi connectivity index (χ4v) is 2.71. The Hall–Kier alpha value is 0.400. The summed E-state index contributed by atoms with van der Waals surface area (Å²) in [6.07, 6.45) is 4.89. The van der Waals surface area contributed by atoms with Crippen LogP contribution in [0.1, 0.15) is 46.5 Å². The van der Waals surface area contributed by atoms with E-state index >= 15 is 0 Å². The number of methoxy groups -OCH3 is 1. The monoisotopic (exact) mass is 292 g/mol. The van der Waals surface area contributed by atoms with Crippen molar-refractivity contribution in [2.45, 2.75) is 57.7 Å². The van der Waals surface area contributed by atoms with Crippen LogP contribution in [0.3, 0.4) is 0 Å². The summed E-state index contributed by atoms with van der Waals surface area (Å²) in [6, 6.07) is 0. The summed E-state index contributed by atoms with van der Waals surface area (Å²) in [5.41, 5.74) is -0.138. The molecule has 1 saturated carbocycles. The van der Waals surface area contributed by atoms with Gasteiger partial charge in [-0.15, -0.1) is 0 Å². The van der Waals surface area contributed by atoms with Crippen LogP contribution in [0.2, 0.25) is 0 Å². The van der Waals surface area contributed by atoms with Crippen molar-refractivity contribution in [2.24, 2.45) is 5.92 Å². The number of halogens is 1. The third kappa shape index (κ3) is 4.01. The number of ether oxygens (including phenoxy) is 2. The minimum absolute atomic E-state index is 0.0440. The zero-order chi connectivity index (χ0) is 12.2. The third-order valence-electron chi connectivity index (χ3n) is 3.71. The number of rotatable bonds is 5. The Balaban J connectivity index is 2.48. The van der Waals surface area contributed by atoms with E-state index in [1.165, 1.54) is 25.7 Å². The molecule has 1 aliphatic rings. The topological polar surface area (TPSA) is 18.5 Å². The second kappa shape index (κ2) is 5.83. The van der Waals surface area contributed by atoms with Gasteiger partial charge in [0, 0.05) is 12.4 Å². The van der Waals surface area contributed by atoms with Gasteiger partial charge >= 0.3 is 0 Å². The van der Waals surface area contributed by atoms with Crippen LogP contribution in [-0.2, 0) is 9.47 Å². The van der Waals surface area contributed by atoms with Gasteiger partial charge in [0.2, 0.25) is 0 Å². The fourth-order valence-electron chi connectivity index (χ4n) is 1.99. The first-order valence-electron chi connectivity index (χ1n) is 6.18. The van der Waals surface area contributed by atoms with E-state index in [0.717, 1.165) is 11.2 Å². The second-order valence-electron chi connectivity index (χ2n) is 5.75. The van der Waals surface area contributed by atoms with E-state index in [1.807, 2.05) is 0 Å². The molecule has 0 aromatic rings. The molecule has 0 amide bonds. The number of hydrogen-bond donors (Lipinski definition) is 0. The molecule has 0 atom stereocenters. The lowest BCUT2D eigenvalue weighted by molar-refractivity contribution is -0.125. The lowest BCUT2D eigenvalue weighted by Crippen LogP contribution is -2.43. The van der Waals surface area contributed by atoms with Gasteiger partial charge in [0.15, 0.2) is 0 Å². The molecule has 0 N–H and O–H groups in total. The predicted molar refractivity (Wildman–Crippen MR) is 71.2 cm³/mol. The third-order valence-corrected chi connectivity index (χ3v) is 4.73. The summed E-state index contributed by atoms with van der Waals surface area (Å²) in [5, 5.41) is 0.937. The van der Waals surface area contributed by atoms with Crippen LogP contribution in [0.15, 0.2) is 0 Å². The van der Waals surface area contributed by atoms with Gasteiger partial charge < -0.3 is 9.47 Å². The fraction of sp³-hybridized carbons (Fsp3) is 1.00. The molecule has 0 aliphatic heterocycles. The lowest BCUT2D eigenvalue weighted by atomic mass is 9.80. The summed E-state index contributed by atoms with van der Waals surface area (Å²) in [5.74, 6) is 0.853. The van der Waals surface area contributed by atoms with Crippen molar-refractivity contribution >= 4 is 15.9 Å². The van der Waals surface area contributed by atoms with E-state index in [1.54, 1.807) is 7.11 Å². The van der Waals surface area contributed by atoms with Gasteiger partial charge in [0.25, 0.3) is 0 Å². The van der Waals surface area contributed by atoms with E-state index in [0.29, 0.717) is 6.61 Å². The van der Waals surface area contributed by atoms with Gasteiger partial charge in [-0.1, -0.05) is 22.9 Å². The van der Waals surface area contributed by atoms with Crippen molar-refractivity contribution in [3.63, 3.8) is 0 Å². The zero-order valence-electron chi connectivity index (χ0n) is 11.0.